The summed E-state index contributed by atoms with van der Waals surface area (Å²) in [5.74, 6) is 1.33. The van der Waals surface area contributed by atoms with E-state index in [4.69, 9.17) is 9.47 Å². The molecule has 16 heavy (non-hydrogen) atoms. The molecule has 2 rings (SSSR count). The molecule has 0 aromatic heterocycles. The molecule has 3 heteroatoms. The minimum Gasteiger partial charge on any atom is -0.466 e. The Balaban J connectivity index is 1.90. The highest BCUT2D eigenvalue weighted by atomic mass is 16.5. The van der Waals surface area contributed by atoms with E-state index in [1.54, 1.807) is 0 Å². The van der Waals surface area contributed by atoms with Gasteiger partial charge in [0.15, 0.2) is 0 Å². The minimum atomic E-state index is 0.0290. The van der Waals surface area contributed by atoms with E-state index in [-0.39, 0.29) is 11.9 Å². The second-order valence-electron chi connectivity index (χ2n) is 5.04. The molecule has 0 radical (unpaired) electrons. The highest BCUT2D eigenvalue weighted by molar-refractivity contribution is 5.72. The van der Waals surface area contributed by atoms with Gasteiger partial charge in [-0.05, 0) is 32.1 Å². The van der Waals surface area contributed by atoms with Crippen LogP contribution < -0.4 is 0 Å². The summed E-state index contributed by atoms with van der Waals surface area (Å²) >= 11 is 0. The van der Waals surface area contributed by atoms with Crippen LogP contribution in [0.2, 0.25) is 0 Å². The van der Waals surface area contributed by atoms with Crippen LogP contribution in [0.15, 0.2) is 0 Å². The number of ether oxygens (including phenoxy) is 2. The largest absolute Gasteiger partial charge is 0.466 e. The average molecular weight is 226 g/mol. The topological polar surface area (TPSA) is 35.5 Å². The van der Waals surface area contributed by atoms with Crippen molar-refractivity contribution in [3.8, 4) is 0 Å². The van der Waals surface area contributed by atoms with E-state index in [0.29, 0.717) is 18.4 Å². The van der Waals surface area contributed by atoms with Gasteiger partial charge >= 0.3 is 5.97 Å². The molecule has 1 saturated carbocycles. The number of hydrogen-bond donors (Lipinski definition) is 0. The van der Waals surface area contributed by atoms with Crippen LogP contribution in [0.4, 0.5) is 0 Å². The maximum Gasteiger partial charge on any atom is 0.309 e. The van der Waals surface area contributed by atoms with Crippen LogP contribution in [0, 0.1) is 17.8 Å². The smallest absolute Gasteiger partial charge is 0.309 e. The number of carbonyl (C=O) groups excluding carboxylic acids is 1. The highest BCUT2D eigenvalue weighted by Gasteiger charge is 2.35. The molecule has 0 bridgehead atoms. The molecule has 3 nitrogen and oxygen atoms in total. The molecule has 2 fully saturated rings. The van der Waals surface area contributed by atoms with Crippen molar-refractivity contribution in [2.45, 2.75) is 39.0 Å². The van der Waals surface area contributed by atoms with Crippen LogP contribution in [0.1, 0.15) is 39.0 Å². The molecular weight excluding hydrogens is 204 g/mol. The maximum atomic E-state index is 11.9. The molecule has 1 unspecified atom stereocenters. The van der Waals surface area contributed by atoms with Crippen LogP contribution in [0.5, 0.6) is 0 Å². The molecule has 92 valence electrons. The molecule has 2 aliphatic rings. The Labute approximate surface area is 97.5 Å². The first-order chi connectivity index (χ1) is 7.81. The summed E-state index contributed by atoms with van der Waals surface area (Å²) in [5.41, 5.74) is 0. The third-order valence-electron chi connectivity index (χ3n) is 3.85. The van der Waals surface area contributed by atoms with Gasteiger partial charge in [-0.25, -0.2) is 0 Å². The van der Waals surface area contributed by atoms with Crippen molar-refractivity contribution in [1.82, 2.24) is 0 Å². The van der Waals surface area contributed by atoms with E-state index in [1.165, 1.54) is 25.7 Å². The molecule has 1 saturated heterocycles. The Kier molecular flexibility index (Phi) is 4.22. The molecule has 0 aromatic rings. The first kappa shape index (κ1) is 11.9. The number of hydrogen-bond acceptors (Lipinski definition) is 3. The standard InChI is InChI=1S/C13H22O3/c1-2-16-13(14)12(7-10-8-15-9-10)11-5-3-4-6-11/h10-12H,2-9H2,1H3. The Morgan fingerprint density at radius 1 is 1.38 bits per heavy atom. The fraction of sp³-hybridized carbons (Fsp3) is 0.923. The van der Waals surface area contributed by atoms with Gasteiger partial charge in [-0.3, -0.25) is 4.79 Å². The van der Waals surface area contributed by atoms with E-state index in [2.05, 4.69) is 0 Å². The van der Waals surface area contributed by atoms with Crippen molar-refractivity contribution < 1.29 is 14.3 Å². The Hall–Kier alpha value is -0.570. The molecule has 1 atom stereocenters. The van der Waals surface area contributed by atoms with Gasteiger partial charge in [-0.15, -0.1) is 0 Å². The van der Waals surface area contributed by atoms with Gasteiger partial charge < -0.3 is 9.47 Å². The Morgan fingerprint density at radius 3 is 2.56 bits per heavy atom. The van der Waals surface area contributed by atoms with Gasteiger partial charge in [0, 0.05) is 5.92 Å². The van der Waals surface area contributed by atoms with Crippen molar-refractivity contribution in [2.75, 3.05) is 19.8 Å². The maximum absolute atomic E-state index is 11.9. The average Bonchev–Trinajstić information content (AvgIpc) is 2.69. The lowest BCUT2D eigenvalue weighted by atomic mass is 9.82. The van der Waals surface area contributed by atoms with E-state index in [1.807, 2.05) is 6.92 Å². The van der Waals surface area contributed by atoms with Gasteiger partial charge in [-0.2, -0.15) is 0 Å². The lowest BCUT2D eigenvalue weighted by molar-refractivity contribution is -0.152. The number of rotatable bonds is 5. The summed E-state index contributed by atoms with van der Waals surface area (Å²) in [6, 6.07) is 0. The first-order valence-electron chi connectivity index (χ1n) is 6.55. The van der Waals surface area contributed by atoms with Crippen molar-refractivity contribution >= 4 is 5.97 Å². The normalized spacial score (nSPS) is 24.1. The van der Waals surface area contributed by atoms with E-state index >= 15 is 0 Å². The Morgan fingerprint density at radius 2 is 2.06 bits per heavy atom. The molecular formula is C13H22O3. The summed E-state index contributed by atoms with van der Waals surface area (Å²) in [5, 5.41) is 0. The predicted molar refractivity (Wildman–Crippen MR) is 61.0 cm³/mol. The van der Waals surface area contributed by atoms with Crippen LogP contribution >= 0.6 is 0 Å². The van der Waals surface area contributed by atoms with Crippen LogP contribution in [-0.2, 0) is 14.3 Å². The molecule has 0 spiro atoms. The summed E-state index contributed by atoms with van der Waals surface area (Å²) in [6.07, 6.45) is 5.95. The summed E-state index contributed by atoms with van der Waals surface area (Å²) in [4.78, 5) is 11.9. The minimum absolute atomic E-state index is 0.0290. The summed E-state index contributed by atoms with van der Waals surface area (Å²) in [7, 11) is 0. The quantitative estimate of drug-likeness (QED) is 0.675. The zero-order valence-corrected chi connectivity index (χ0v) is 10.1. The lowest BCUT2D eigenvalue weighted by Gasteiger charge is -2.31. The van der Waals surface area contributed by atoms with Crippen molar-refractivity contribution in [2.24, 2.45) is 17.8 Å². The lowest BCUT2D eigenvalue weighted by Crippen LogP contribution is -2.34. The number of carbonyl (C=O) groups is 1. The fourth-order valence-electron chi connectivity index (χ4n) is 2.87. The van der Waals surface area contributed by atoms with Crippen molar-refractivity contribution in [3.05, 3.63) is 0 Å². The zero-order valence-electron chi connectivity index (χ0n) is 10.1. The Bertz CT molecular complexity index is 229. The third-order valence-corrected chi connectivity index (χ3v) is 3.85. The molecule has 1 aliphatic heterocycles. The summed E-state index contributed by atoms with van der Waals surface area (Å²) < 4.78 is 10.4. The zero-order chi connectivity index (χ0) is 11.4. The van der Waals surface area contributed by atoms with Gasteiger partial charge in [0.1, 0.15) is 0 Å². The van der Waals surface area contributed by atoms with Gasteiger partial charge in [0.05, 0.1) is 25.7 Å². The second kappa shape index (κ2) is 5.67. The van der Waals surface area contributed by atoms with Gasteiger partial charge in [-0.1, -0.05) is 12.8 Å². The predicted octanol–water partition coefficient (Wildman–Crippen LogP) is 2.39. The third kappa shape index (κ3) is 2.76. The van der Waals surface area contributed by atoms with Crippen LogP contribution in [0.25, 0.3) is 0 Å². The molecule has 0 amide bonds. The molecule has 1 aliphatic carbocycles. The fourth-order valence-corrected chi connectivity index (χ4v) is 2.87. The molecule has 0 aromatic carbocycles. The van der Waals surface area contributed by atoms with E-state index in [9.17, 15) is 4.79 Å². The van der Waals surface area contributed by atoms with E-state index < -0.39 is 0 Å². The first-order valence-corrected chi connectivity index (χ1v) is 6.55. The molecule has 1 heterocycles. The number of esters is 1. The summed E-state index contributed by atoms with van der Waals surface area (Å²) in [6.45, 7) is 4.06. The van der Waals surface area contributed by atoms with Gasteiger partial charge in [0.25, 0.3) is 0 Å². The molecule has 0 N–H and O–H groups in total. The van der Waals surface area contributed by atoms with Gasteiger partial charge in [0.2, 0.25) is 0 Å². The van der Waals surface area contributed by atoms with Crippen LogP contribution in [0.3, 0.4) is 0 Å². The second-order valence-corrected chi connectivity index (χ2v) is 5.04. The van der Waals surface area contributed by atoms with Crippen molar-refractivity contribution in [3.63, 3.8) is 0 Å². The SMILES string of the molecule is CCOC(=O)C(CC1COC1)C1CCCC1. The van der Waals surface area contributed by atoms with E-state index in [0.717, 1.165) is 19.6 Å². The van der Waals surface area contributed by atoms with Crippen LogP contribution in [-0.4, -0.2) is 25.8 Å². The van der Waals surface area contributed by atoms with Crippen molar-refractivity contribution in [1.29, 1.82) is 0 Å². The monoisotopic (exact) mass is 226 g/mol. The highest BCUT2D eigenvalue weighted by Crippen LogP contribution is 2.36.